The Bertz CT molecular complexity index is 804. The molecule has 23 heavy (non-hydrogen) atoms. The van der Waals surface area contributed by atoms with Gasteiger partial charge in [0.15, 0.2) is 0 Å². The molecule has 118 valence electrons. The molecule has 0 spiro atoms. The van der Waals surface area contributed by atoms with Crippen LogP contribution in [0.15, 0.2) is 42.6 Å². The summed E-state index contributed by atoms with van der Waals surface area (Å²) in [6, 6.07) is 11.4. The molecule has 2 aromatic heterocycles. The van der Waals surface area contributed by atoms with Gasteiger partial charge in [0.2, 0.25) is 0 Å². The van der Waals surface area contributed by atoms with E-state index in [0.717, 1.165) is 22.8 Å². The van der Waals surface area contributed by atoms with Crippen molar-refractivity contribution in [2.24, 2.45) is 0 Å². The molecule has 0 saturated heterocycles. The summed E-state index contributed by atoms with van der Waals surface area (Å²) in [4.78, 5) is 13.4. The van der Waals surface area contributed by atoms with Gasteiger partial charge in [-0.25, -0.2) is 4.98 Å². The predicted octanol–water partition coefficient (Wildman–Crippen LogP) is 2.24. The van der Waals surface area contributed by atoms with Crippen molar-refractivity contribution in [2.45, 2.75) is 13.0 Å². The minimum absolute atomic E-state index is 0.231. The van der Waals surface area contributed by atoms with E-state index in [1.165, 1.54) is 7.11 Å². The normalized spacial score (nSPS) is 12.1. The lowest BCUT2D eigenvalue weighted by molar-refractivity contribution is 0.207. The number of para-hydroxylation sites is 1. The van der Waals surface area contributed by atoms with Crippen molar-refractivity contribution >= 4 is 18.1 Å². The summed E-state index contributed by atoms with van der Waals surface area (Å²) in [7, 11) is 1.44. The number of hydroxylamine groups is 1. The van der Waals surface area contributed by atoms with E-state index < -0.39 is 0 Å². The average molecular weight is 312 g/mol. The summed E-state index contributed by atoms with van der Waals surface area (Å²) in [5, 5.41) is 12.8. The number of anilines is 1. The van der Waals surface area contributed by atoms with Gasteiger partial charge >= 0.3 is 0 Å². The predicted molar refractivity (Wildman–Crippen MR) is 84.5 cm³/mol. The number of hydrogen-bond acceptors (Lipinski definition) is 6. The van der Waals surface area contributed by atoms with Gasteiger partial charge in [-0.1, -0.05) is 18.2 Å². The molecule has 8 nitrogen and oxygen atoms in total. The molecule has 0 aliphatic carbocycles. The average Bonchev–Trinajstić information content (AvgIpc) is 3.00. The Kier molecular flexibility index (Phi) is 4.15. The third kappa shape index (κ3) is 2.97. The van der Waals surface area contributed by atoms with E-state index in [2.05, 4.69) is 15.1 Å². The maximum Gasteiger partial charge on any atom is 0.276 e. The van der Waals surface area contributed by atoms with Gasteiger partial charge in [0.1, 0.15) is 18.2 Å². The molecule has 2 heterocycles. The van der Waals surface area contributed by atoms with Crippen LogP contribution in [0.5, 0.6) is 5.75 Å². The molecule has 1 unspecified atom stereocenters. The smallest absolute Gasteiger partial charge is 0.276 e. The molecule has 1 N–H and O–H groups in total. The highest BCUT2D eigenvalue weighted by atomic mass is 16.7. The van der Waals surface area contributed by atoms with E-state index in [4.69, 9.17) is 15.0 Å². The monoisotopic (exact) mass is 312 g/mol. The molecule has 3 rings (SSSR count). The molecule has 8 heteroatoms. The van der Waals surface area contributed by atoms with Crippen LogP contribution in [0.4, 0.5) is 5.95 Å². The van der Waals surface area contributed by atoms with Crippen LogP contribution in [0.2, 0.25) is 0 Å². The molecule has 0 aliphatic rings. The fourth-order valence-electron chi connectivity index (χ4n) is 2.16. The Balaban J connectivity index is 1.95. The highest BCUT2D eigenvalue weighted by Gasteiger charge is 2.17. The quantitative estimate of drug-likeness (QED) is 0.426. The second-order valence-electron chi connectivity index (χ2n) is 4.70. The first kappa shape index (κ1) is 14.9. The maximum absolute atomic E-state index is 7.30. The van der Waals surface area contributed by atoms with E-state index in [-0.39, 0.29) is 12.1 Å². The second kappa shape index (κ2) is 6.41. The number of fused-ring (bicyclic) bond motifs is 1. The molecule has 3 aromatic rings. The summed E-state index contributed by atoms with van der Waals surface area (Å²) < 4.78 is 7.51. The fraction of sp³-hybridized carbons (Fsp3) is 0.200. The van der Waals surface area contributed by atoms with Gasteiger partial charge in [-0.15, -0.1) is 5.10 Å². The van der Waals surface area contributed by atoms with Crippen LogP contribution in [-0.4, -0.2) is 33.0 Å². The Morgan fingerprint density at radius 1 is 1.26 bits per heavy atom. The van der Waals surface area contributed by atoms with E-state index in [9.17, 15) is 0 Å². The zero-order valence-electron chi connectivity index (χ0n) is 12.7. The van der Waals surface area contributed by atoms with Crippen molar-refractivity contribution in [1.82, 2.24) is 19.6 Å². The summed E-state index contributed by atoms with van der Waals surface area (Å²) in [6.07, 6.45) is 2.38. The molecule has 0 amide bonds. The van der Waals surface area contributed by atoms with Crippen molar-refractivity contribution in [3.05, 3.63) is 48.3 Å². The van der Waals surface area contributed by atoms with Crippen molar-refractivity contribution in [1.29, 1.82) is 5.41 Å². The van der Waals surface area contributed by atoms with Gasteiger partial charge in [-0.3, -0.25) is 10.2 Å². The first-order valence-corrected chi connectivity index (χ1v) is 7.00. The number of nitrogens with one attached hydrogen (secondary N) is 1. The van der Waals surface area contributed by atoms with Crippen LogP contribution in [0, 0.1) is 5.41 Å². The van der Waals surface area contributed by atoms with Crippen molar-refractivity contribution in [3.8, 4) is 5.75 Å². The lowest BCUT2D eigenvalue weighted by Crippen LogP contribution is -2.20. The van der Waals surface area contributed by atoms with Crippen LogP contribution in [0.25, 0.3) is 5.78 Å². The van der Waals surface area contributed by atoms with Crippen LogP contribution in [0.3, 0.4) is 0 Å². The number of rotatable bonds is 6. The molecular formula is C15H16N6O2. The summed E-state index contributed by atoms with van der Waals surface area (Å²) in [6.45, 7) is 1.92. The highest BCUT2D eigenvalue weighted by molar-refractivity contribution is 5.70. The van der Waals surface area contributed by atoms with Crippen molar-refractivity contribution in [3.63, 3.8) is 0 Å². The fourth-order valence-corrected chi connectivity index (χ4v) is 2.16. The molecule has 0 saturated carbocycles. The van der Waals surface area contributed by atoms with Gasteiger partial charge in [0.25, 0.3) is 11.7 Å². The van der Waals surface area contributed by atoms with Crippen LogP contribution in [0.1, 0.15) is 18.7 Å². The molecular weight excluding hydrogens is 296 g/mol. The van der Waals surface area contributed by atoms with E-state index in [1.54, 1.807) is 10.7 Å². The van der Waals surface area contributed by atoms with Crippen LogP contribution in [-0.2, 0) is 4.84 Å². The van der Waals surface area contributed by atoms with Crippen LogP contribution >= 0.6 is 0 Å². The van der Waals surface area contributed by atoms with E-state index >= 15 is 0 Å². The lowest BCUT2D eigenvalue weighted by atomic mass is 10.2. The highest BCUT2D eigenvalue weighted by Crippen LogP contribution is 2.22. The molecule has 1 atom stereocenters. The summed E-state index contributed by atoms with van der Waals surface area (Å²) in [5.41, 5.74) is 0.790. The van der Waals surface area contributed by atoms with Crippen molar-refractivity contribution in [2.75, 3.05) is 12.2 Å². The number of nitrogens with zero attached hydrogens (tertiary/aromatic N) is 5. The molecule has 0 aliphatic heterocycles. The Morgan fingerprint density at radius 2 is 2.04 bits per heavy atom. The second-order valence-corrected chi connectivity index (χ2v) is 4.70. The SMILES string of the molecule is CON(C=N)c1nc2nccc(C(C)Oc3ccccc3)n2n1. The number of benzene rings is 1. The van der Waals surface area contributed by atoms with Gasteiger partial charge in [0, 0.05) is 6.20 Å². The van der Waals surface area contributed by atoms with Gasteiger partial charge in [-0.05, 0) is 25.1 Å². The standard InChI is InChI=1S/C15H16N6O2/c1-11(23-12-6-4-3-5-7-12)13-8-9-17-14-18-15(19-21(13)14)20(10-16)22-2/h3-11,16H,1-2H3. The van der Waals surface area contributed by atoms with Gasteiger partial charge in [-0.2, -0.15) is 14.6 Å². The molecule has 0 bridgehead atoms. The third-order valence-electron chi connectivity index (χ3n) is 3.24. The maximum atomic E-state index is 7.30. The van der Waals surface area contributed by atoms with E-state index in [0.29, 0.717) is 5.78 Å². The van der Waals surface area contributed by atoms with Gasteiger partial charge in [0.05, 0.1) is 12.8 Å². The van der Waals surface area contributed by atoms with Crippen molar-refractivity contribution < 1.29 is 9.57 Å². The minimum Gasteiger partial charge on any atom is -0.484 e. The number of aromatic nitrogens is 4. The first-order valence-electron chi connectivity index (χ1n) is 7.00. The third-order valence-corrected chi connectivity index (χ3v) is 3.24. The lowest BCUT2D eigenvalue weighted by Gasteiger charge is -2.15. The Labute approximate surface area is 132 Å². The zero-order valence-corrected chi connectivity index (χ0v) is 12.7. The van der Waals surface area contributed by atoms with E-state index in [1.807, 2.05) is 43.3 Å². The first-order chi connectivity index (χ1) is 11.2. The largest absolute Gasteiger partial charge is 0.484 e. The molecule has 1 aromatic carbocycles. The Hall–Kier alpha value is -3.00. The molecule has 0 radical (unpaired) electrons. The van der Waals surface area contributed by atoms with Crippen LogP contribution < -0.4 is 9.80 Å². The minimum atomic E-state index is -0.256. The zero-order chi connectivity index (χ0) is 16.2. The number of hydrogen-bond donors (Lipinski definition) is 1. The summed E-state index contributed by atoms with van der Waals surface area (Å²) in [5.74, 6) is 1.41. The summed E-state index contributed by atoms with van der Waals surface area (Å²) >= 11 is 0. The van der Waals surface area contributed by atoms with Gasteiger partial charge < -0.3 is 4.74 Å². The molecule has 0 fully saturated rings. The Morgan fingerprint density at radius 3 is 2.74 bits per heavy atom. The number of ether oxygens (including phenoxy) is 1. The topological polar surface area (TPSA) is 88.6 Å².